The lowest BCUT2D eigenvalue weighted by atomic mass is 9.91. The van der Waals surface area contributed by atoms with Crippen LogP contribution in [0.2, 0.25) is 0 Å². The quantitative estimate of drug-likeness (QED) is 0.636. The third kappa shape index (κ3) is 4.38. The third-order valence-corrected chi connectivity index (χ3v) is 2.78. The minimum atomic E-state index is -0.983. The maximum Gasteiger partial charge on any atom is 0.404 e. The monoisotopic (exact) mass is 234 g/mol. The van der Waals surface area contributed by atoms with Crippen LogP contribution in [-0.4, -0.2) is 35.1 Å². The van der Waals surface area contributed by atoms with E-state index in [1.807, 2.05) is 0 Å². The van der Waals surface area contributed by atoms with Gasteiger partial charge in [-0.25, -0.2) is 4.79 Å². The molecule has 0 aromatic carbocycles. The molecule has 3 N–H and O–H groups in total. The number of rotatable bonds is 3. The second-order valence-corrected chi connectivity index (χ2v) is 3.97. The van der Waals surface area contributed by atoms with Crippen molar-refractivity contribution in [2.45, 2.75) is 37.8 Å². The maximum atomic E-state index is 11.0. The standard InChI is InChI=1S/C9H15ClN2O3/c10-5-8(13)11-6-1-3-7(4-2-6)12-9(14)15/h6-7,12H,1-5H2,(H,11,13)(H,14,15)/t6-,7-. The van der Waals surface area contributed by atoms with E-state index >= 15 is 0 Å². The molecule has 15 heavy (non-hydrogen) atoms. The molecule has 0 spiro atoms. The van der Waals surface area contributed by atoms with E-state index in [2.05, 4.69) is 10.6 Å². The summed E-state index contributed by atoms with van der Waals surface area (Å²) in [6.45, 7) is 0. The molecule has 0 heterocycles. The zero-order valence-electron chi connectivity index (χ0n) is 8.33. The Bertz CT molecular complexity index is 240. The molecule has 0 radical (unpaired) electrons. The second-order valence-electron chi connectivity index (χ2n) is 3.70. The van der Waals surface area contributed by atoms with Crippen molar-refractivity contribution in [3.05, 3.63) is 0 Å². The van der Waals surface area contributed by atoms with Gasteiger partial charge in [0.25, 0.3) is 0 Å². The molecule has 0 bridgehead atoms. The van der Waals surface area contributed by atoms with Crippen molar-refractivity contribution >= 4 is 23.6 Å². The highest BCUT2D eigenvalue weighted by molar-refractivity contribution is 6.27. The molecule has 1 rings (SSSR count). The van der Waals surface area contributed by atoms with Crippen molar-refractivity contribution in [3.8, 4) is 0 Å². The van der Waals surface area contributed by atoms with Gasteiger partial charge < -0.3 is 15.7 Å². The van der Waals surface area contributed by atoms with Crippen molar-refractivity contribution in [3.63, 3.8) is 0 Å². The molecule has 1 aliphatic rings. The van der Waals surface area contributed by atoms with E-state index in [4.69, 9.17) is 16.7 Å². The largest absolute Gasteiger partial charge is 0.465 e. The number of hydrogen-bond donors (Lipinski definition) is 3. The van der Waals surface area contributed by atoms with Crippen LogP contribution in [0.1, 0.15) is 25.7 Å². The molecule has 5 nitrogen and oxygen atoms in total. The highest BCUT2D eigenvalue weighted by Crippen LogP contribution is 2.18. The van der Waals surface area contributed by atoms with Crippen LogP contribution in [0.25, 0.3) is 0 Å². The van der Waals surface area contributed by atoms with Gasteiger partial charge in [0.1, 0.15) is 5.88 Å². The summed E-state index contributed by atoms with van der Waals surface area (Å²) in [5, 5.41) is 13.8. The van der Waals surface area contributed by atoms with E-state index < -0.39 is 6.09 Å². The van der Waals surface area contributed by atoms with Crippen LogP contribution in [0.15, 0.2) is 0 Å². The SMILES string of the molecule is O=C(O)N[C@H]1CC[C@H](NC(=O)CCl)CC1. The van der Waals surface area contributed by atoms with Crippen molar-refractivity contribution in [1.29, 1.82) is 0 Å². The Hall–Kier alpha value is -0.970. The van der Waals surface area contributed by atoms with Gasteiger partial charge in [0.2, 0.25) is 5.91 Å². The molecule has 1 fully saturated rings. The third-order valence-electron chi connectivity index (χ3n) is 2.54. The molecule has 1 saturated carbocycles. The summed E-state index contributed by atoms with van der Waals surface area (Å²) in [6, 6.07) is 0.162. The minimum absolute atomic E-state index is 0.0200. The average molecular weight is 235 g/mol. The van der Waals surface area contributed by atoms with Crippen molar-refractivity contribution in [2.75, 3.05) is 5.88 Å². The first kappa shape index (κ1) is 12.1. The molecule has 86 valence electrons. The molecule has 0 aromatic heterocycles. The molecule has 0 aromatic rings. The maximum absolute atomic E-state index is 11.0. The Morgan fingerprint density at radius 1 is 1.13 bits per heavy atom. The normalized spacial score (nSPS) is 25.7. The molecule has 0 saturated heterocycles. The minimum Gasteiger partial charge on any atom is -0.465 e. The lowest BCUT2D eigenvalue weighted by Crippen LogP contribution is -2.43. The fraction of sp³-hybridized carbons (Fsp3) is 0.778. The van der Waals surface area contributed by atoms with Gasteiger partial charge in [-0.3, -0.25) is 4.79 Å². The number of carbonyl (C=O) groups excluding carboxylic acids is 1. The van der Waals surface area contributed by atoms with E-state index in [-0.39, 0.29) is 23.9 Å². The predicted octanol–water partition coefficient (Wildman–Crippen LogP) is 0.920. The van der Waals surface area contributed by atoms with Crippen LogP contribution in [0, 0.1) is 0 Å². The van der Waals surface area contributed by atoms with Gasteiger partial charge >= 0.3 is 6.09 Å². The van der Waals surface area contributed by atoms with Gasteiger partial charge in [0.05, 0.1) is 0 Å². The Morgan fingerprint density at radius 3 is 2.00 bits per heavy atom. The number of carbonyl (C=O) groups is 2. The van der Waals surface area contributed by atoms with Gasteiger partial charge in [-0.05, 0) is 25.7 Å². The van der Waals surface area contributed by atoms with Crippen molar-refractivity contribution in [2.24, 2.45) is 0 Å². The van der Waals surface area contributed by atoms with E-state index in [0.29, 0.717) is 0 Å². The summed E-state index contributed by atoms with van der Waals surface area (Å²) in [6.07, 6.45) is 2.14. The lowest BCUT2D eigenvalue weighted by Gasteiger charge is -2.28. The van der Waals surface area contributed by atoms with E-state index in [1.54, 1.807) is 0 Å². The summed E-state index contributed by atoms with van der Waals surface area (Å²) in [5.41, 5.74) is 0. The van der Waals surface area contributed by atoms with E-state index in [1.165, 1.54) is 0 Å². The highest BCUT2D eigenvalue weighted by Gasteiger charge is 2.22. The molecule has 0 unspecified atom stereocenters. The van der Waals surface area contributed by atoms with Gasteiger partial charge in [0.15, 0.2) is 0 Å². The molecule has 6 heteroatoms. The van der Waals surface area contributed by atoms with Crippen LogP contribution in [0.4, 0.5) is 4.79 Å². The first-order valence-electron chi connectivity index (χ1n) is 4.96. The van der Waals surface area contributed by atoms with Gasteiger partial charge in [-0.1, -0.05) is 0 Å². The highest BCUT2D eigenvalue weighted by atomic mass is 35.5. The number of nitrogens with one attached hydrogen (secondary N) is 2. The second kappa shape index (κ2) is 5.80. The smallest absolute Gasteiger partial charge is 0.404 e. The zero-order valence-corrected chi connectivity index (χ0v) is 9.09. The summed E-state index contributed by atoms with van der Waals surface area (Å²) >= 11 is 5.37. The number of halogens is 1. The van der Waals surface area contributed by atoms with Crippen LogP contribution in [0.3, 0.4) is 0 Å². The summed E-state index contributed by atoms with van der Waals surface area (Å²) in [7, 11) is 0. The first-order valence-corrected chi connectivity index (χ1v) is 5.50. The number of hydrogen-bond acceptors (Lipinski definition) is 2. The molecular formula is C9H15ClN2O3. The molecule has 0 aliphatic heterocycles. The van der Waals surface area contributed by atoms with Crippen LogP contribution >= 0.6 is 11.6 Å². The fourth-order valence-electron chi connectivity index (χ4n) is 1.82. The molecular weight excluding hydrogens is 220 g/mol. The van der Waals surface area contributed by atoms with E-state index in [9.17, 15) is 9.59 Å². The number of amides is 2. The fourth-order valence-corrected chi connectivity index (χ4v) is 1.90. The molecule has 1 aliphatic carbocycles. The Morgan fingerprint density at radius 2 is 1.60 bits per heavy atom. The Balaban J connectivity index is 2.23. The van der Waals surface area contributed by atoms with Crippen molar-refractivity contribution in [1.82, 2.24) is 10.6 Å². The zero-order chi connectivity index (χ0) is 11.3. The van der Waals surface area contributed by atoms with Crippen LogP contribution in [-0.2, 0) is 4.79 Å². The van der Waals surface area contributed by atoms with Crippen LogP contribution in [0.5, 0.6) is 0 Å². The topological polar surface area (TPSA) is 78.4 Å². The number of alkyl halides is 1. The average Bonchev–Trinajstić information content (AvgIpc) is 2.20. The molecule has 2 amide bonds. The summed E-state index contributed by atoms with van der Waals surface area (Å²) in [4.78, 5) is 21.4. The first-order chi connectivity index (χ1) is 7.11. The van der Waals surface area contributed by atoms with Gasteiger partial charge in [0, 0.05) is 12.1 Å². The van der Waals surface area contributed by atoms with Crippen LogP contribution < -0.4 is 10.6 Å². The van der Waals surface area contributed by atoms with Crippen molar-refractivity contribution < 1.29 is 14.7 Å². The number of carboxylic acid groups (broad SMARTS) is 1. The summed E-state index contributed by atoms with van der Waals surface area (Å²) < 4.78 is 0. The lowest BCUT2D eigenvalue weighted by molar-refractivity contribution is -0.119. The Kier molecular flexibility index (Phi) is 4.68. The Labute approximate surface area is 93.2 Å². The molecule has 0 atom stereocenters. The summed E-state index contributed by atoms with van der Waals surface area (Å²) in [5.74, 6) is -0.181. The van der Waals surface area contributed by atoms with Gasteiger partial charge in [-0.2, -0.15) is 0 Å². The van der Waals surface area contributed by atoms with E-state index in [0.717, 1.165) is 25.7 Å². The predicted molar refractivity (Wildman–Crippen MR) is 56.1 cm³/mol. The van der Waals surface area contributed by atoms with Gasteiger partial charge in [-0.15, -0.1) is 11.6 Å².